The van der Waals surface area contributed by atoms with Gasteiger partial charge in [0.25, 0.3) is 0 Å². The molecular weight excluding hydrogens is 194 g/mol. The van der Waals surface area contributed by atoms with Crippen molar-refractivity contribution in [2.75, 3.05) is 13.7 Å². The normalized spacial score (nSPS) is 17.5. The summed E-state index contributed by atoms with van der Waals surface area (Å²) >= 11 is 0. The molecule has 1 saturated carbocycles. The van der Waals surface area contributed by atoms with E-state index in [9.17, 15) is 9.59 Å². The molecule has 0 aromatic rings. The highest BCUT2D eigenvalue weighted by Crippen LogP contribution is 2.25. The van der Waals surface area contributed by atoms with Crippen molar-refractivity contribution in [3.05, 3.63) is 0 Å². The Kier molecular flexibility index (Phi) is 5.15. The molecule has 0 radical (unpaired) electrons. The van der Waals surface area contributed by atoms with Crippen LogP contribution in [0.4, 0.5) is 4.79 Å². The first-order valence-electron chi connectivity index (χ1n) is 5.56. The van der Waals surface area contributed by atoms with Crippen LogP contribution in [0.5, 0.6) is 0 Å². The number of methoxy groups -OCH3 is 1. The summed E-state index contributed by atoms with van der Waals surface area (Å²) < 4.78 is 4.46. The molecule has 4 heteroatoms. The Hall–Kier alpha value is -1.06. The van der Waals surface area contributed by atoms with Gasteiger partial charge in [-0.05, 0) is 31.6 Å². The molecule has 1 amide bonds. The molecule has 0 atom stereocenters. The molecule has 1 rings (SSSR count). The largest absolute Gasteiger partial charge is 0.453 e. The van der Waals surface area contributed by atoms with E-state index in [0.717, 1.165) is 38.5 Å². The molecule has 4 nitrogen and oxygen atoms in total. The van der Waals surface area contributed by atoms with Crippen LogP contribution < -0.4 is 5.32 Å². The topological polar surface area (TPSA) is 55.4 Å². The molecule has 15 heavy (non-hydrogen) atoms. The van der Waals surface area contributed by atoms with E-state index in [1.807, 2.05) is 0 Å². The summed E-state index contributed by atoms with van der Waals surface area (Å²) in [6.07, 6.45) is 5.23. The lowest BCUT2D eigenvalue weighted by molar-refractivity contribution is -0.121. The third-order valence-corrected chi connectivity index (χ3v) is 2.91. The molecule has 0 aromatic heterocycles. The molecule has 1 N–H and O–H groups in total. The van der Waals surface area contributed by atoms with E-state index in [0.29, 0.717) is 18.2 Å². The number of carbonyl (C=O) groups excluding carboxylic acids is 2. The van der Waals surface area contributed by atoms with E-state index >= 15 is 0 Å². The van der Waals surface area contributed by atoms with Gasteiger partial charge in [-0.3, -0.25) is 4.79 Å². The van der Waals surface area contributed by atoms with Crippen LogP contribution >= 0.6 is 0 Å². The van der Waals surface area contributed by atoms with Crippen LogP contribution in [0.3, 0.4) is 0 Å². The average molecular weight is 213 g/mol. The first kappa shape index (κ1) is 12.0. The molecule has 0 aliphatic heterocycles. The molecule has 0 unspecified atom stereocenters. The quantitative estimate of drug-likeness (QED) is 0.725. The van der Waals surface area contributed by atoms with Crippen LogP contribution in [0.25, 0.3) is 0 Å². The minimum Gasteiger partial charge on any atom is -0.453 e. The van der Waals surface area contributed by atoms with Gasteiger partial charge in [0.05, 0.1) is 7.11 Å². The number of hydrogen-bond donors (Lipinski definition) is 1. The number of ketones is 1. The number of rotatable bonds is 4. The fourth-order valence-corrected chi connectivity index (χ4v) is 1.94. The summed E-state index contributed by atoms with van der Waals surface area (Å²) in [6.45, 7) is 0.664. The van der Waals surface area contributed by atoms with Gasteiger partial charge in [0, 0.05) is 19.4 Å². The zero-order valence-corrected chi connectivity index (χ0v) is 9.25. The van der Waals surface area contributed by atoms with E-state index < -0.39 is 0 Å². The molecule has 0 saturated heterocycles. The molecule has 1 fully saturated rings. The molecule has 1 aliphatic carbocycles. The van der Waals surface area contributed by atoms with Gasteiger partial charge in [0.1, 0.15) is 5.78 Å². The van der Waals surface area contributed by atoms with Crippen LogP contribution in [0.1, 0.15) is 38.5 Å². The third-order valence-electron chi connectivity index (χ3n) is 2.91. The van der Waals surface area contributed by atoms with Crippen molar-refractivity contribution in [3.8, 4) is 0 Å². The molecule has 0 heterocycles. The smallest absolute Gasteiger partial charge is 0.406 e. The van der Waals surface area contributed by atoms with E-state index in [4.69, 9.17) is 0 Å². The lowest BCUT2D eigenvalue weighted by atomic mass is 9.85. The Morgan fingerprint density at radius 2 is 2.13 bits per heavy atom. The summed E-state index contributed by atoms with van der Waals surface area (Å²) in [5.74, 6) is 1.07. The van der Waals surface area contributed by atoms with Gasteiger partial charge in [0.2, 0.25) is 0 Å². The molecule has 0 aromatic carbocycles. The first-order chi connectivity index (χ1) is 7.22. The summed E-state index contributed by atoms with van der Waals surface area (Å²) in [4.78, 5) is 21.7. The Bertz CT molecular complexity index is 218. The van der Waals surface area contributed by atoms with E-state index in [1.54, 1.807) is 0 Å². The Balaban J connectivity index is 2.00. The number of alkyl carbamates (subject to hydrolysis) is 1. The fourth-order valence-electron chi connectivity index (χ4n) is 1.94. The highest BCUT2D eigenvalue weighted by Gasteiger charge is 2.17. The average Bonchev–Trinajstić information content (AvgIpc) is 2.26. The summed E-state index contributed by atoms with van der Waals surface area (Å²) in [6, 6.07) is 0. The maximum atomic E-state index is 11.0. The molecule has 0 bridgehead atoms. The van der Waals surface area contributed by atoms with E-state index in [-0.39, 0.29) is 6.09 Å². The van der Waals surface area contributed by atoms with Crippen LogP contribution in [0, 0.1) is 5.92 Å². The number of hydrogen-bond acceptors (Lipinski definition) is 3. The second-order valence-electron chi connectivity index (χ2n) is 4.04. The van der Waals surface area contributed by atoms with Gasteiger partial charge in [-0.2, -0.15) is 0 Å². The SMILES string of the molecule is COC(=O)NCCCC1CCC(=O)CC1. The monoisotopic (exact) mass is 213 g/mol. The minimum atomic E-state index is -0.367. The third kappa shape index (κ3) is 4.81. The number of ether oxygens (including phenoxy) is 1. The van der Waals surface area contributed by atoms with Crippen molar-refractivity contribution < 1.29 is 14.3 Å². The van der Waals surface area contributed by atoms with Crippen molar-refractivity contribution in [3.63, 3.8) is 0 Å². The van der Waals surface area contributed by atoms with E-state index in [1.165, 1.54) is 7.11 Å². The predicted molar refractivity (Wildman–Crippen MR) is 56.6 cm³/mol. The van der Waals surface area contributed by atoms with Crippen LogP contribution in [-0.4, -0.2) is 25.5 Å². The molecule has 0 spiro atoms. The van der Waals surface area contributed by atoms with Crippen molar-refractivity contribution in [1.29, 1.82) is 0 Å². The van der Waals surface area contributed by atoms with Crippen molar-refractivity contribution >= 4 is 11.9 Å². The zero-order valence-electron chi connectivity index (χ0n) is 9.25. The first-order valence-corrected chi connectivity index (χ1v) is 5.56. The van der Waals surface area contributed by atoms with Crippen LogP contribution in [-0.2, 0) is 9.53 Å². The summed E-state index contributed by atoms with van der Waals surface area (Å²) in [5.41, 5.74) is 0. The number of amides is 1. The maximum absolute atomic E-state index is 11.0. The fraction of sp³-hybridized carbons (Fsp3) is 0.818. The molecular formula is C11H19NO3. The highest BCUT2D eigenvalue weighted by molar-refractivity contribution is 5.79. The van der Waals surface area contributed by atoms with Crippen LogP contribution in [0.15, 0.2) is 0 Å². The highest BCUT2D eigenvalue weighted by atomic mass is 16.5. The van der Waals surface area contributed by atoms with Crippen molar-refractivity contribution in [1.82, 2.24) is 5.32 Å². The van der Waals surface area contributed by atoms with E-state index in [2.05, 4.69) is 10.1 Å². The number of carbonyl (C=O) groups is 2. The zero-order chi connectivity index (χ0) is 11.1. The van der Waals surface area contributed by atoms with Crippen molar-refractivity contribution in [2.45, 2.75) is 38.5 Å². The van der Waals surface area contributed by atoms with Gasteiger partial charge in [-0.25, -0.2) is 4.79 Å². The predicted octanol–water partition coefficient (Wildman–Crippen LogP) is 1.88. The maximum Gasteiger partial charge on any atom is 0.406 e. The van der Waals surface area contributed by atoms with Gasteiger partial charge >= 0.3 is 6.09 Å². The molecule has 1 aliphatic rings. The van der Waals surface area contributed by atoms with Crippen LogP contribution in [0.2, 0.25) is 0 Å². The number of Topliss-reactive ketones (excluding diaryl/α,β-unsaturated/α-hetero) is 1. The van der Waals surface area contributed by atoms with Gasteiger partial charge in [-0.1, -0.05) is 0 Å². The second-order valence-corrected chi connectivity index (χ2v) is 4.04. The lowest BCUT2D eigenvalue weighted by Gasteiger charge is -2.20. The van der Waals surface area contributed by atoms with Crippen molar-refractivity contribution in [2.24, 2.45) is 5.92 Å². The standard InChI is InChI=1S/C11H19NO3/c1-15-11(14)12-8-2-3-9-4-6-10(13)7-5-9/h9H,2-8H2,1H3,(H,12,14). The summed E-state index contributed by atoms with van der Waals surface area (Å²) in [7, 11) is 1.36. The number of nitrogens with one attached hydrogen (secondary N) is 1. The Morgan fingerprint density at radius 1 is 1.47 bits per heavy atom. The molecule has 86 valence electrons. The summed E-state index contributed by atoms with van der Waals surface area (Å²) in [5, 5.41) is 2.65. The van der Waals surface area contributed by atoms with Gasteiger partial charge < -0.3 is 10.1 Å². The Morgan fingerprint density at radius 3 is 2.73 bits per heavy atom. The lowest BCUT2D eigenvalue weighted by Crippen LogP contribution is -2.24. The minimum absolute atomic E-state index is 0.367. The second kappa shape index (κ2) is 6.43. The van der Waals surface area contributed by atoms with Gasteiger partial charge in [0.15, 0.2) is 0 Å². The van der Waals surface area contributed by atoms with Gasteiger partial charge in [-0.15, -0.1) is 0 Å². The Labute approximate surface area is 90.4 Å².